The summed E-state index contributed by atoms with van der Waals surface area (Å²) in [6, 6.07) is 8.35. The second kappa shape index (κ2) is 7.09. The summed E-state index contributed by atoms with van der Waals surface area (Å²) in [7, 11) is 3.36. The summed E-state index contributed by atoms with van der Waals surface area (Å²) >= 11 is 0. The van der Waals surface area contributed by atoms with Crippen molar-refractivity contribution in [3.8, 4) is 5.75 Å². The van der Waals surface area contributed by atoms with Crippen LogP contribution in [0.25, 0.3) is 0 Å². The molecule has 112 valence electrons. The molecule has 0 spiro atoms. The highest BCUT2D eigenvalue weighted by Crippen LogP contribution is 2.26. The number of nitrogens with one attached hydrogen (secondary N) is 1. The molecule has 0 bridgehead atoms. The maximum absolute atomic E-state index is 5.36. The van der Waals surface area contributed by atoms with Crippen molar-refractivity contribution in [3.05, 3.63) is 53.3 Å². The smallest absolute Gasteiger partial charge is 0.124 e. The molecule has 0 aliphatic carbocycles. The highest BCUT2D eigenvalue weighted by atomic mass is 16.5. The van der Waals surface area contributed by atoms with Gasteiger partial charge in [-0.15, -0.1) is 0 Å². The zero-order chi connectivity index (χ0) is 15.2. The second-order valence-corrected chi connectivity index (χ2v) is 5.06. The highest BCUT2D eigenvalue weighted by molar-refractivity contribution is 5.50. The molecule has 2 rings (SSSR count). The summed E-state index contributed by atoms with van der Waals surface area (Å²) in [6.45, 7) is 4.74. The summed E-state index contributed by atoms with van der Waals surface area (Å²) < 4.78 is 10.6. The molecule has 4 heteroatoms. The minimum absolute atomic E-state index is 0.175. The molecule has 21 heavy (non-hydrogen) atoms. The maximum atomic E-state index is 5.36. The van der Waals surface area contributed by atoms with Crippen molar-refractivity contribution in [2.45, 2.75) is 26.5 Å². The van der Waals surface area contributed by atoms with Crippen LogP contribution in [-0.2, 0) is 11.3 Å². The predicted molar refractivity (Wildman–Crippen MR) is 84.7 cm³/mol. The number of pyridine rings is 1. The Labute approximate surface area is 126 Å². The van der Waals surface area contributed by atoms with Crippen LogP contribution in [0.5, 0.6) is 5.75 Å². The quantitative estimate of drug-likeness (QED) is 0.879. The van der Waals surface area contributed by atoms with Gasteiger partial charge >= 0.3 is 0 Å². The third kappa shape index (κ3) is 3.73. The van der Waals surface area contributed by atoms with E-state index in [-0.39, 0.29) is 6.04 Å². The van der Waals surface area contributed by atoms with E-state index < -0.39 is 0 Å². The van der Waals surface area contributed by atoms with Gasteiger partial charge in [0, 0.05) is 24.9 Å². The molecule has 4 nitrogen and oxygen atoms in total. The molecular weight excluding hydrogens is 264 g/mol. The van der Waals surface area contributed by atoms with E-state index in [1.54, 1.807) is 20.4 Å². The van der Waals surface area contributed by atoms with Crippen LogP contribution in [-0.4, -0.2) is 19.2 Å². The van der Waals surface area contributed by atoms with E-state index in [1.165, 1.54) is 11.1 Å². The fourth-order valence-electron chi connectivity index (χ4n) is 2.27. The molecule has 1 N–H and O–H groups in total. The lowest BCUT2D eigenvalue weighted by atomic mass is 10.0. The van der Waals surface area contributed by atoms with Crippen LogP contribution < -0.4 is 10.1 Å². The Bertz CT molecular complexity index is 599. The Hall–Kier alpha value is -2.07. The van der Waals surface area contributed by atoms with Crippen LogP contribution in [0.2, 0.25) is 0 Å². The maximum Gasteiger partial charge on any atom is 0.124 e. The van der Waals surface area contributed by atoms with Crippen LogP contribution >= 0.6 is 0 Å². The third-order valence-electron chi connectivity index (χ3n) is 3.52. The standard InChI is InChI=1S/C17H22N2O2/c1-12-7-8-18-10-16(12)19-13(2)14-5-6-17(21-4)15(9-14)11-20-3/h5-10,13,19H,11H2,1-4H3. The van der Waals surface area contributed by atoms with E-state index in [0.29, 0.717) is 6.61 Å². The fourth-order valence-corrected chi connectivity index (χ4v) is 2.27. The molecule has 0 fully saturated rings. The van der Waals surface area contributed by atoms with Crippen molar-refractivity contribution in [1.82, 2.24) is 4.98 Å². The minimum atomic E-state index is 0.175. The summed E-state index contributed by atoms with van der Waals surface area (Å²) in [5.74, 6) is 0.852. The number of aryl methyl sites for hydroxylation is 1. The highest BCUT2D eigenvalue weighted by Gasteiger charge is 2.10. The summed E-state index contributed by atoms with van der Waals surface area (Å²) in [6.07, 6.45) is 3.65. The van der Waals surface area contributed by atoms with E-state index in [1.807, 2.05) is 18.3 Å². The molecule has 0 aliphatic rings. The Kier molecular flexibility index (Phi) is 5.17. The number of ether oxygens (including phenoxy) is 2. The van der Waals surface area contributed by atoms with Crippen LogP contribution in [0.1, 0.15) is 29.7 Å². The Morgan fingerprint density at radius 2 is 2.05 bits per heavy atom. The lowest BCUT2D eigenvalue weighted by Crippen LogP contribution is -2.09. The lowest BCUT2D eigenvalue weighted by molar-refractivity contribution is 0.181. The Balaban J connectivity index is 2.21. The van der Waals surface area contributed by atoms with Crippen molar-refractivity contribution >= 4 is 5.69 Å². The first-order chi connectivity index (χ1) is 10.2. The van der Waals surface area contributed by atoms with Gasteiger partial charge in [-0.25, -0.2) is 0 Å². The lowest BCUT2D eigenvalue weighted by Gasteiger charge is -2.19. The van der Waals surface area contributed by atoms with Gasteiger partial charge in [-0.1, -0.05) is 6.07 Å². The predicted octanol–water partition coefficient (Wildman–Crippen LogP) is 3.72. The molecule has 1 heterocycles. The summed E-state index contributed by atoms with van der Waals surface area (Å²) in [5.41, 5.74) is 4.47. The number of nitrogens with zero attached hydrogens (tertiary/aromatic N) is 1. The first kappa shape index (κ1) is 15.3. The van der Waals surface area contributed by atoms with E-state index in [2.05, 4.69) is 36.3 Å². The van der Waals surface area contributed by atoms with Gasteiger partial charge in [-0.05, 0) is 43.2 Å². The molecule has 0 saturated heterocycles. The zero-order valence-corrected chi connectivity index (χ0v) is 13.0. The molecular formula is C17H22N2O2. The largest absolute Gasteiger partial charge is 0.496 e. The van der Waals surface area contributed by atoms with E-state index >= 15 is 0 Å². The molecule has 2 aromatic rings. The number of hydrogen-bond donors (Lipinski definition) is 1. The van der Waals surface area contributed by atoms with E-state index in [4.69, 9.17) is 9.47 Å². The van der Waals surface area contributed by atoms with Crippen molar-refractivity contribution in [2.24, 2.45) is 0 Å². The van der Waals surface area contributed by atoms with Gasteiger partial charge in [0.15, 0.2) is 0 Å². The average molecular weight is 286 g/mol. The summed E-state index contributed by atoms with van der Waals surface area (Å²) in [4.78, 5) is 4.16. The molecule has 1 atom stereocenters. The molecule has 1 unspecified atom stereocenters. The van der Waals surface area contributed by atoms with Gasteiger partial charge in [0.25, 0.3) is 0 Å². The van der Waals surface area contributed by atoms with Crippen molar-refractivity contribution in [1.29, 1.82) is 0 Å². The minimum Gasteiger partial charge on any atom is -0.496 e. The van der Waals surface area contributed by atoms with Gasteiger partial charge in [0.2, 0.25) is 0 Å². The Morgan fingerprint density at radius 3 is 2.71 bits per heavy atom. The molecule has 1 aromatic heterocycles. The number of rotatable bonds is 6. The second-order valence-electron chi connectivity index (χ2n) is 5.06. The Morgan fingerprint density at radius 1 is 1.24 bits per heavy atom. The van der Waals surface area contributed by atoms with Crippen molar-refractivity contribution < 1.29 is 9.47 Å². The van der Waals surface area contributed by atoms with Gasteiger partial charge < -0.3 is 14.8 Å². The third-order valence-corrected chi connectivity index (χ3v) is 3.52. The summed E-state index contributed by atoms with van der Waals surface area (Å²) in [5, 5.41) is 3.49. The van der Waals surface area contributed by atoms with Crippen LogP contribution in [0.4, 0.5) is 5.69 Å². The van der Waals surface area contributed by atoms with Gasteiger partial charge in [-0.2, -0.15) is 0 Å². The molecule has 1 aromatic carbocycles. The molecule has 0 radical (unpaired) electrons. The zero-order valence-electron chi connectivity index (χ0n) is 13.0. The number of anilines is 1. The SMILES string of the molecule is COCc1cc(C(C)Nc2cnccc2C)ccc1OC. The first-order valence-corrected chi connectivity index (χ1v) is 6.98. The van der Waals surface area contributed by atoms with Crippen molar-refractivity contribution in [2.75, 3.05) is 19.5 Å². The molecule has 0 saturated carbocycles. The molecule has 0 aliphatic heterocycles. The topological polar surface area (TPSA) is 43.4 Å². The number of methoxy groups -OCH3 is 2. The van der Waals surface area contributed by atoms with Crippen LogP contribution in [0.15, 0.2) is 36.7 Å². The normalized spacial score (nSPS) is 12.0. The van der Waals surface area contributed by atoms with E-state index in [0.717, 1.165) is 17.0 Å². The van der Waals surface area contributed by atoms with Crippen LogP contribution in [0.3, 0.4) is 0 Å². The molecule has 0 amide bonds. The van der Waals surface area contributed by atoms with E-state index in [9.17, 15) is 0 Å². The fraction of sp³-hybridized carbons (Fsp3) is 0.353. The average Bonchev–Trinajstić information content (AvgIpc) is 2.50. The van der Waals surface area contributed by atoms with Gasteiger partial charge in [0.1, 0.15) is 5.75 Å². The number of benzene rings is 1. The van der Waals surface area contributed by atoms with Gasteiger partial charge in [-0.3, -0.25) is 4.98 Å². The monoisotopic (exact) mass is 286 g/mol. The number of hydrogen-bond acceptors (Lipinski definition) is 4. The number of aromatic nitrogens is 1. The first-order valence-electron chi connectivity index (χ1n) is 6.98. The van der Waals surface area contributed by atoms with Crippen molar-refractivity contribution in [3.63, 3.8) is 0 Å². The van der Waals surface area contributed by atoms with Crippen LogP contribution in [0, 0.1) is 6.92 Å². The van der Waals surface area contributed by atoms with Gasteiger partial charge in [0.05, 0.1) is 25.6 Å².